The van der Waals surface area contributed by atoms with E-state index in [0.717, 1.165) is 0 Å². The summed E-state index contributed by atoms with van der Waals surface area (Å²) in [5, 5.41) is 2.08. The summed E-state index contributed by atoms with van der Waals surface area (Å²) in [7, 11) is 3.05. The predicted molar refractivity (Wildman–Crippen MR) is 63.9 cm³/mol. The van der Waals surface area contributed by atoms with Crippen LogP contribution in [0.1, 0.15) is 6.42 Å². The minimum absolute atomic E-state index is 0.337. The van der Waals surface area contributed by atoms with Crippen LogP contribution in [0.25, 0.3) is 0 Å². The van der Waals surface area contributed by atoms with Crippen molar-refractivity contribution in [3.05, 3.63) is 0 Å². The van der Waals surface area contributed by atoms with Gasteiger partial charge in [-0.1, -0.05) is 0 Å². The van der Waals surface area contributed by atoms with E-state index in [2.05, 4.69) is 5.32 Å². The van der Waals surface area contributed by atoms with Crippen LogP contribution >= 0.6 is 0 Å². The minimum atomic E-state index is -4.31. The maximum absolute atomic E-state index is 11.9. The van der Waals surface area contributed by atoms with Crippen molar-refractivity contribution in [3.63, 3.8) is 0 Å². The molecule has 0 heterocycles. The van der Waals surface area contributed by atoms with Gasteiger partial charge in [-0.25, -0.2) is 0 Å². The van der Waals surface area contributed by atoms with Gasteiger partial charge >= 0.3 is 6.18 Å². The van der Waals surface area contributed by atoms with Crippen molar-refractivity contribution in [2.24, 2.45) is 0 Å². The molecule has 0 aromatic heterocycles. The van der Waals surface area contributed by atoms with Crippen LogP contribution < -0.4 is 5.32 Å². The van der Waals surface area contributed by atoms with Gasteiger partial charge in [-0.05, 0) is 6.42 Å². The van der Waals surface area contributed by atoms with Crippen LogP contribution in [-0.2, 0) is 14.3 Å². The number of hydrogen-bond donors (Lipinski definition) is 1. The van der Waals surface area contributed by atoms with E-state index >= 15 is 0 Å². The largest absolute Gasteiger partial charge is 0.401 e. The Bertz CT molecular complexity index is 250. The van der Waals surface area contributed by atoms with Crippen LogP contribution in [0.4, 0.5) is 13.2 Å². The summed E-state index contributed by atoms with van der Waals surface area (Å²) in [6.07, 6.45) is -3.68. The van der Waals surface area contributed by atoms with Crippen molar-refractivity contribution < 1.29 is 27.4 Å². The number of ether oxygens (including phenoxy) is 2. The fraction of sp³-hybridized carbons (Fsp3) is 0.909. The zero-order valence-corrected chi connectivity index (χ0v) is 11.3. The summed E-state index contributed by atoms with van der Waals surface area (Å²) in [4.78, 5) is 13.2. The molecule has 0 aromatic rings. The number of carbonyl (C=O) groups excluding carboxylic acids is 1. The standard InChI is InChI=1S/C11H21F3N2O3/c1-18-6-3-4-16(5-7-19-2)10(17)8-15-9-11(12,13)14/h15H,3-9H2,1-2H3. The molecule has 0 rings (SSSR count). The van der Waals surface area contributed by atoms with Crippen LogP contribution in [0.15, 0.2) is 0 Å². The van der Waals surface area contributed by atoms with Crippen molar-refractivity contribution in [1.29, 1.82) is 0 Å². The summed E-state index contributed by atoms with van der Waals surface area (Å²) in [6, 6.07) is 0. The fourth-order valence-corrected chi connectivity index (χ4v) is 1.39. The van der Waals surface area contributed by atoms with Crippen LogP contribution in [0.3, 0.4) is 0 Å². The number of rotatable bonds is 10. The summed E-state index contributed by atoms with van der Waals surface area (Å²) in [5.41, 5.74) is 0. The van der Waals surface area contributed by atoms with Crippen molar-refractivity contribution in [3.8, 4) is 0 Å². The first-order valence-electron chi connectivity index (χ1n) is 5.94. The maximum atomic E-state index is 11.9. The van der Waals surface area contributed by atoms with Gasteiger partial charge in [0, 0.05) is 33.9 Å². The molecule has 0 aliphatic heterocycles. The van der Waals surface area contributed by atoms with Crippen LogP contribution in [0, 0.1) is 0 Å². The van der Waals surface area contributed by atoms with Crippen LogP contribution in [-0.4, -0.2) is 70.6 Å². The molecular formula is C11H21F3N2O3. The molecular weight excluding hydrogens is 265 g/mol. The van der Waals surface area contributed by atoms with Crippen LogP contribution in [0.2, 0.25) is 0 Å². The quantitative estimate of drug-likeness (QED) is 0.599. The van der Waals surface area contributed by atoms with Gasteiger partial charge in [-0.15, -0.1) is 0 Å². The molecule has 19 heavy (non-hydrogen) atoms. The van der Waals surface area contributed by atoms with Gasteiger partial charge in [0.25, 0.3) is 0 Å². The third kappa shape index (κ3) is 10.7. The summed E-state index contributed by atoms with van der Waals surface area (Å²) in [5.74, 6) is -0.377. The van der Waals surface area contributed by atoms with Crippen LogP contribution in [0.5, 0.6) is 0 Å². The molecule has 0 aromatic carbocycles. The number of halogens is 3. The van der Waals surface area contributed by atoms with E-state index < -0.39 is 12.7 Å². The first-order chi connectivity index (χ1) is 8.90. The second-order valence-electron chi connectivity index (χ2n) is 3.94. The average Bonchev–Trinajstić information content (AvgIpc) is 2.31. The molecule has 8 heteroatoms. The van der Waals surface area contributed by atoms with E-state index in [1.165, 1.54) is 12.0 Å². The van der Waals surface area contributed by atoms with Gasteiger partial charge in [0.1, 0.15) is 0 Å². The Morgan fingerprint density at radius 1 is 1.16 bits per heavy atom. The Morgan fingerprint density at radius 2 is 1.79 bits per heavy atom. The van der Waals surface area contributed by atoms with E-state index in [0.29, 0.717) is 32.7 Å². The smallest absolute Gasteiger partial charge is 0.385 e. The second kappa shape index (κ2) is 9.99. The summed E-state index contributed by atoms with van der Waals surface area (Å²) in [6.45, 7) is 0.117. The molecule has 1 amide bonds. The zero-order valence-electron chi connectivity index (χ0n) is 11.3. The van der Waals surface area contributed by atoms with Gasteiger partial charge in [-0.2, -0.15) is 13.2 Å². The van der Waals surface area contributed by atoms with Gasteiger partial charge in [0.15, 0.2) is 0 Å². The highest BCUT2D eigenvalue weighted by Gasteiger charge is 2.27. The van der Waals surface area contributed by atoms with E-state index in [1.54, 1.807) is 7.11 Å². The number of nitrogens with one attached hydrogen (secondary N) is 1. The molecule has 5 nitrogen and oxygen atoms in total. The molecule has 1 N–H and O–H groups in total. The molecule has 114 valence electrons. The van der Waals surface area contributed by atoms with Gasteiger partial charge in [0.05, 0.1) is 19.7 Å². The van der Waals surface area contributed by atoms with Gasteiger partial charge in [-0.3, -0.25) is 4.79 Å². The Balaban J connectivity index is 4.06. The third-order valence-electron chi connectivity index (χ3n) is 2.30. The molecule has 0 saturated carbocycles. The molecule has 0 bridgehead atoms. The highest BCUT2D eigenvalue weighted by Crippen LogP contribution is 2.11. The number of carbonyl (C=O) groups is 1. The topological polar surface area (TPSA) is 50.8 Å². The minimum Gasteiger partial charge on any atom is -0.385 e. The highest BCUT2D eigenvalue weighted by molar-refractivity contribution is 5.78. The van der Waals surface area contributed by atoms with Gasteiger partial charge in [0.2, 0.25) is 5.91 Å². The number of hydrogen-bond acceptors (Lipinski definition) is 4. The monoisotopic (exact) mass is 286 g/mol. The van der Waals surface area contributed by atoms with E-state index in [9.17, 15) is 18.0 Å². The molecule has 0 fully saturated rings. The summed E-state index contributed by atoms with van der Waals surface area (Å²) >= 11 is 0. The normalized spacial score (nSPS) is 11.6. The Hall–Kier alpha value is -0.860. The first kappa shape index (κ1) is 18.1. The van der Waals surface area contributed by atoms with Crippen molar-refractivity contribution in [2.45, 2.75) is 12.6 Å². The second-order valence-corrected chi connectivity index (χ2v) is 3.94. The number of methoxy groups -OCH3 is 2. The molecule has 0 aliphatic rings. The Morgan fingerprint density at radius 3 is 2.32 bits per heavy atom. The summed E-state index contributed by atoms with van der Waals surface area (Å²) < 4.78 is 45.5. The third-order valence-corrected chi connectivity index (χ3v) is 2.30. The van der Waals surface area contributed by atoms with Crippen molar-refractivity contribution >= 4 is 5.91 Å². The number of amides is 1. The first-order valence-corrected chi connectivity index (χ1v) is 5.94. The number of nitrogens with zero attached hydrogens (tertiary/aromatic N) is 1. The fourth-order valence-electron chi connectivity index (χ4n) is 1.39. The van der Waals surface area contributed by atoms with E-state index in [-0.39, 0.29) is 12.5 Å². The van der Waals surface area contributed by atoms with Gasteiger partial charge < -0.3 is 19.7 Å². The van der Waals surface area contributed by atoms with E-state index in [4.69, 9.17) is 9.47 Å². The molecule has 0 unspecified atom stereocenters. The van der Waals surface area contributed by atoms with E-state index in [1.807, 2.05) is 0 Å². The Kier molecular flexibility index (Phi) is 9.54. The maximum Gasteiger partial charge on any atom is 0.401 e. The Labute approximate surface area is 111 Å². The van der Waals surface area contributed by atoms with Crippen molar-refractivity contribution in [2.75, 3.05) is 53.6 Å². The van der Waals surface area contributed by atoms with Crippen molar-refractivity contribution in [1.82, 2.24) is 10.2 Å². The molecule has 0 atom stereocenters. The lowest BCUT2D eigenvalue weighted by molar-refractivity contribution is -0.134. The molecule has 0 aliphatic carbocycles. The lowest BCUT2D eigenvalue weighted by Crippen LogP contribution is -2.42. The lowest BCUT2D eigenvalue weighted by Gasteiger charge is -2.22. The highest BCUT2D eigenvalue weighted by atomic mass is 19.4. The zero-order chi connectivity index (χ0) is 14.7. The number of alkyl halides is 3. The average molecular weight is 286 g/mol. The molecule has 0 spiro atoms. The molecule has 0 saturated heterocycles. The SMILES string of the molecule is COCCCN(CCOC)C(=O)CNCC(F)(F)F. The lowest BCUT2D eigenvalue weighted by atomic mass is 10.3. The predicted octanol–water partition coefficient (Wildman–Crippen LogP) is 0.650. The molecule has 0 radical (unpaired) electrons.